The molecule has 0 spiro atoms. The number of anilines is 2. The van der Waals surface area contributed by atoms with Crippen molar-refractivity contribution in [3.05, 3.63) is 53.0 Å². The molecular weight excluding hydrogens is 332 g/mol. The highest BCUT2D eigenvalue weighted by Crippen LogP contribution is 2.23. The minimum atomic E-state index is -0.112. The summed E-state index contributed by atoms with van der Waals surface area (Å²) in [7, 11) is 0. The fourth-order valence-corrected chi connectivity index (χ4v) is 2.24. The second-order valence-electron chi connectivity index (χ2n) is 4.34. The van der Waals surface area contributed by atoms with E-state index in [2.05, 4.69) is 26.6 Å². The first-order valence-electron chi connectivity index (χ1n) is 6.70. The number of hydrogen-bond acceptors (Lipinski definition) is 3. The van der Waals surface area contributed by atoms with Crippen molar-refractivity contribution in [2.24, 2.45) is 0 Å². The molecule has 21 heavy (non-hydrogen) atoms. The van der Waals surface area contributed by atoms with Crippen LogP contribution in [0.15, 0.2) is 53.0 Å². The lowest BCUT2D eigenvalue weighted by Crippen LogP contribution is -2.22. The molecule has 0 saturated carbocycles. The Morgan fingerprint density at radius 1 is 1.19 bits per heavy atom. The smallest absolute Gasteiger partial charge is 0.243 e. The van der Waals surface area contributed by atoms with Gasteiger partial charge in [-0.15, -0.1) is 0 Å². The molecule has 5 heteroatoms. The number of amides is 1. The molecule has 0 fully saturated rings. The monoisotopic (exact) mass is 348 g/mol. The van der Waals surface area contributed by atoms with Crippen molar-refractivity contribution in [2.75, 3.05) is 23.8 Å². The molecule has 2 aromatic rings. The zero-order valence-corrected chi connectivity index (χ0v) is 13.3. The maximum atomic E-state index is 11.9. The molecule has 110 valence electrons. The first-order valence-corrected chi connectivity index (χ1v) is 7.49. The Balaban J connectivity index is 1.92. The van der Waals surface area contributed by atoms with Gasteiger partial charge in [0, 0.05) is 10.2 Å². The number of carbonyl (C=O) groups excluding carboxylic acids is 1. The number of hydrogen-bond donors (Lipinski definition) is 2. The Kier molecular flexibility index (Phi) is 5.63. The molecule has 0 aromatic heterocycles. The average molecular weight is 349 g/mol. The van der Waals surface area contributed by atoms with Crippen molar-refractivity contribution in [1.82, 2.24) is 0 Å². The van der Waals surface area contributed by atoms with Crippen molar-refractivity contribution in [1.29, 1.82) is 0 Å². The van der Waals surface area contributed by atoms with Crippen molar-refractivity contribution in [3.8, 4) is 5.75 Å². The maximum Gasteiger partial charge on any atom is 0.243 e. The maximum absolute atomic E-state index is 11.9. The van der Waals surface area contributed by atoms with E-state index in [1.165, 1.54) is 0 Å². The van der Waals surface area contributed by atoms with Crippen LogP contribution in [0.5, 0.6) is 5.75 Å². The summed E-state index contributed by atoms with van der Waals surface area (Å²) in [6.45, 7) is 2.69. The molecular formula is C16H17BrN2O2. The largest absolute Gasteiger partial charge is 0.492 e. The van der Waals surface area contributed by atoms with Crippen molar-refractivity contribution < 1.29 is 9.53 Å². The number of ether oxygens (including phenoxy) is 1. The second-order valence-corrected chi connectivity index (χ2v) is 5.26. The summed E-state index contributed by atoms with van der Waals surface area (Å²) in [6, 6.07) is 15.0. The van der Waals surface area contributed by atoms with Gasteiger partial charge in [0.05, 0.1) is 18.8 Å². The first kappa shape index (κ1) is 15.4. The van der Waals surface area contributed by atoms with Crippen LogP contribution in [0.1, 0.15) is 6.92 Å². The van der Waals surface area contributed by atoms with E-state index in [1.807, 2.05) is 55.5 Å². The third-order valence-electron chi connectivity index (χ3n) is 2.73. The molecule has 0 unspecified atom stereocenters. The van der Waals surface area contributed by atoms with Gasteiger partial charge in [0.1, 0.15) is 5.75 Å². The van der Waals surface area contributed by atoms with Crippen LogP contribution in [0.25, 0.3) is 0 Å². The predicted octanol–water partition coefficient (Wildman–Crippen LogP) is 3.90. The van der Waals surface area contributed by atoms with Gasteiger partial charge in [0.2, 0.25) is 5.91 Å². The molecule has 0 saturated heterocycles. The van der Waals surface area contributed by atoms with E-state index < -0.39 is 0 Å². The second kappa shape index (κ2) is 7.69. The van der Waals surface area contributed by atoms with Crippen LogP contribution in [0.2, 0.25) is 0 Å². The Bertz CT molecular complexity index is 617. The summed E-state index contributed by atoms with van der Waals surface area (Å²) >= 11 is 3.37. The van der Waals surface area contributed by atoms with Gasteiger partial charge in [-0.2, -0.15) is 0 Å². The Labute approximate surface area is 132 Å². The van der Waals surface area contributed by atoms with Gasteiger partial charge in [0.15, 0.2) is 0 Å². The van der Waals surface area contributed by atoms with Gasteiger partial charge < -0.3 is 15.4 Å². The first-order chi connectivity index (χ1) is 10.2. The van der Waals surface area contributed by atoms with Crippen molar-refractivity contribution >= 4 is 33.2 Å². The lowest BCUT2D eigenvalue weighted by molar-refractivity contribution is -0.114. The van der Waals surface area contributed by atoms with E-state index in [-0.39, 0.29) is 12.5 Å². The minimum Gasteiger partial charge on any atom is -0.492 e. The molecule has 0 bridgehead atoms. The van der Waals surface area contributed by atoms with Crippen LogP contribution >= 0.6 is 15.9 Å². The third-order valence-corrected chi connectivity index (χ3v) is 3.23. The van der Waals surface area contributed by atoms with Gasteiger partial charge in [-0.25, -0.2) is 0 Å². The van der Waals surface area contributed by atoms with Gasteiger partial charge in [-0.3, -0.25) is 4.79 Å². The van der Waals surface area contributed by atoms with Crippen molar-refractivity contribution in [2.45, 2.75) is 6.92 Å². The van der Waals surface area contributed by atoms with E-state index in [0.29, 0.717) is 6.61 Å². The van der Waals surface area contributed by atoms with Gasteiger partial charge >= 0.3 is 0 Å². The van der Waals surface area contributed by atoms with Gasteiger partial charge in [-0.1, -0.05) is 34.1 Å². The Morgan fingerprint density at radius 2 is 2.00 bits per heavy atom. The topological polar surface area (TPSA) is 50.4 Å². The zero-order valence-electron chi connectivity index (χ0n) is 11.7. The molecule has 0 atom stereocenters. The van der Waals surface area contributed by atoms with E-state index in [0.717, 1.165) is 21.6 Å². The number of benzene rings is 2. The van der Waals surface area contributed by atoms with Gasteiger partial charge in [-0.05, 0) is 37.3 Å². The zero-order chi connectivity index (χ0) is 15.1. The highest BCUT2D eigenvalue weighted by Gasteiger charge is 2.06. The number of rotatable bonds is 6. The number of nitrogens with one attached hydrogen (secondary N) is 2. The summed E-state index contributed by atoms with van der Waals surface area (Å²) in [5.74, 6) is 0.634. The van der Waals surface area contributed by atoms with E-state index >= 15 is 0 Å². The van der Waals surface area contributed by atoms with Crippen LogP contribution in [0.3, 0.4) is 0 Å². The molecule has 2 aromatic carbocycles. The molecule has 2 N–H and O–H groups in total. The molecule has 2 rings (SSSR count). The molecule has 4 nitrogen and oxygen atoms in total. The standard InChI is InChI=1S/C16H17BrN2O2/c1-2-21-15-9-4-3-8-14(15)18-11-16(20)19-13-7-5-6-12(17)10-13/h3-10,18H,2,11H2,1H3,(H,19,20). The molecule has 1 amide bonds. The lowest BCUT2D eigenvalue weighted by atomic mass is 10.3. The molecule has 0 aliphatic heterocycles. The average Bonchev–Trinajstić information content (AvgIpc) is 2.47. The van der Waals surface area contributed by atoms with Crippen LogP contribution < -0.4 is 15.4 Å². The summed E-state index contributed by atoms with van der Waals surface area (Å²) in [4.78, 5) is 11.9. The number of para-hydroxylation sites is 2. The quantitative estimate of drug-likeness (QED) is 0.832. The summed E-state index contributed by atoms with van der Waals surface area (Å²) in [5.41, 5.74) is 1.57. The number of halogens is 1. The summed E-state index contributed by atoms with van der Waals surface area (Å²) in [5, 5.41) is 5.92. The van der Waals surface area contributed by atoms with Gasteiger partial charge in [0.25, 0.3) is 0 Å². The predicted molar refractivity (Wildman–Crippen MR) is 88.9 cm³/mol. The Hall–Kier alpha value is -2.01. The van der Waals surface area contributed by atoms with Crippen molar-refractivity contribution in [3.63, 3.8) is 0 Å². The normalized spacial score (nSPS) is 10.0. The van der Waals surface area contributed by atoms with Crippen LogP contribution in [0, 0.1) is 0 Å². The molecule has 0 heterocycles. The Morgan fingerprint density at radius 3 is 2.76 bits per heavy atom. The van der Waals surface area contributed by atoms with Crippen LogP contribution in [0.4, 0.5) is 11.4 Å². The SMILES string of the molecule is CCOc1ccccc1NCC(=O)Nc1cccc(Br)c1. The summed E-state index contributed by atoms with van der Waals surface area (Å²) < 4.78 is 6.43. The number of carbonyl (C=O) groups is 1. The van der Waals surface area contributed by atoms with E-state index in [4.69, 9.17) is 4.74 Å². The fraction of sp³-hybridized carbons (Fsp3) is 0.188. The summed E-state index contributed by atoms with van der Waals surface area (Å²) in [6.07, 6.45) is 0. The van der Waals surface area contributed by atoms with E-state index in [1.54, 1.807) is 0 Å². The molecule has 0 aliphatic carbocycles. The lowest BCUT2D eigenvalue weighted by Gasteiger charge is -2.12. The molecule has 0 radical (unpaired) electrons. The van der Waals surface area contributed by atoms with Crippen LogP contribution in [-0.2, 0) is 4.79 Å². The third kappa shape index (κ3) is 4.79. The highest BCUT2D eigenvalue weighted by molar-refractivity contribution is 9.10. The highest BCUT2D eigenvalue weighted by atomic mass is 79.9. The van der Waals surface area contributed by atoms with Crippen LogP contribution in [-0.4, -0.2) is 19.1 Å². The van der Waals surface area contributed by atoms with E-state index in [9.17, 15) is 4.79 Å². The fourth-order valence-electron chi connectivity index (χ4n) is 1.84. The minimum absolute atomic E-state index is 0.112. The molecule has 0 aliphatic rings.